The van der Waals surface area contributed by atoms with Crippen LogP contribution in [0.3, 0.4) is 0 Å². The Labute approximate surface area is 275 Å². The second-order valence-electron chi connectivity index (χ2n) is 13.6. The summed E-state index contributed by atoms with van der Waals surface area (Å²) in [6, 6.07) is 21.9. The molecule has 0 unspecified atom stereocenters. The van der Waals surface area contributed by atoms with Gasteiger partial charge in [0.1, 0.15) is 17.7 Å². The summed E-state index contributed by atoms with van der Waals surface area (Å²) in [5.74, 6) is 2.28. The minimum absolute atomic E-state index is 0.153. The molecule has 7 rings (SSSR count). The van der Waals surface area contributed by atoms with E-state index >= 15 is 0 Å². The summed E-state index contributed by atoms with van der Waals surface area (Å²) in [7, 11) is 0. The molecule has 5 aromatic rings. The Kier molecular flexibility index (Phi) is 8.09. The summed E-state index contributed by atoms with van der Waals surface area (Å²) < 4.78 is 10.6. The van der Waals surface area contributed by atoms with Crippen molar-refractivity contribution in [3.8, 4) is 11.4 Å². The lowest BCUT2D eigenvalue weighted by molar-refractivity contribution is 0.170. The molecule has 0 saturated carbocycles. The van der Waals surface area contributed by atoms with Gasteiger partial charge < -0.3 is 20.3 Å². The maximum atomic E-state index is 13.5. The number of rotatable bonds is 6. The van der Waals surface area contributed by atoms with Gasteiger partial charge in [0.15, 0.2) is 5.65 Å². The summed E-state index contributed by atoms with van der Waals surface area (Å²) in [5.41, 5.74) is 6.70. The van der Waals surface area contributed by atoms with E-state index in [-0.39, 0.29) is 23.6 Å². The summed E-state index contributed by atoms with van der Waals surface area (Å²) in [5, 5.41) is 23.5. The van der Waals surface area contributed by atoms with Crippen LogP contribution in [0.15, 0.2) is 66.7 Å². The number of carbonyl (C=O) groups is 1. The number of anilines is 2. The molecule has 11 nitrogen and oxygen atoms in total. The standard InChI is InChI=1S/C36H43N9O2/c1-23-10-12-25(13-11-23)45-33(22-31(42-45)36(3,4)5)39-34(46)38-28-14-15-30(27-9-7-6-8-26(27)28)47-29-16-17-32-40-41-35(44(32)24(29)2)43-20-18-37-19-21-43/h6-13,16-17,22,28,30,37H,14-15,18-21H2,1-5H3,(H2,38,39,46)/t28-,30+/m0/s1. The van der Waals surface area contributed by atoms with Crippen LogP contribution in [0.25, 0.3) is 11.3 Å². The van der Waals surface area contributed by atoms with E-state index in [1.807, 2.05) is 54.6 Å². The number of ether oxygens (including phenoxy) is 1. The molecule has 47 heavy (non-hydrogen) atoms. The van der Waals surface area contributed by atoms with Crippen molar-refractivity contribution in [3.05, 3.63) is 94.8 Å². The van der Waals surface area contributed by atoms with E-state index in [1.165, 1.54) is 0 Å². The van der Waals surface area contributed by atoms with Gasteiger partial charge in [-0.2, -0.15) is 5.10 Å². The van der Waals surface area contributed by atoms with E-state index in [2.05, 4.69) is 82.2 Å². The van der Waals surface area contributed by atoms with Crippen LogP contribution >= 0.6 is 0 Å². The topological polar surface area (TPSA) is 114 Å². The van der Waals surface area contributed by atoms with E-state index in [0.717, 1.165) is 90.1 Å². The van der Waals surface area contributed by atoms with Crippen molar-refractivity contribution < 1.29 is 9.53 Å². The Morgan fingerprint density at radius 1 is 0.936 bits per heavy atom. The maximum absolute atomic E-state index is 13.5. The van der Waals surface area contributed by atoms with Gasteiger partial charge in [0.2, 0.25) is 5.95 Å². The number of hydrogen-bond donors (Lipinski definition) is 3. The SMILES string of the molecule is Cc1ccc(-n2nc(C(C)(C)C)cc2NC(=O)N[C@H]2CC[C@@H](Oc3ccc4nnc(N5CCNCC5)n4c3C)c3ccccc32)cc1. The van der Waals surface area contributed by atoms with Crippen molar-refractivity contribution >= 4 is 23.4 Å². The number of pyridine rings is 1. The Morgan fingerprint density at radius 2 is 1.68 bits per heavy atom. The first-order valence-electron chi connectivity index (χ1n) is 16.5. The summed E-state index contributed by atoms with van der Waals surface area (Å²) >= 11 is 0. The zero-order valence-corrected chi connectivity index (χ0v) is 27.7. The van der Waals surface area contributed by atoms with E-state index in [0.29, 0.717) is 5.82 Å². The first kappa shape index (κ1) is 30.7. The maximum Gasteiger partial charge on any atom is 0.320 e. The average molecular weight is 634 g/mol. The molecule has 4 heterocycles. The highest BCUT2D eigenvalue weighted by Crippen LogP contribution is 2.40. The summed E-state index contributed by atoms with van der Waals surface area (Å²) in [6.45, 7) is 14.1. The lowest BCUT2D eigenvalue weighted by atomic mass is 9.85. The molecule has 3 N–H and O–H groups in total. The zero-order valence-electron chi connectivity index (χ0n) is 27.7. The third-order valence-electron chi connectivity index (χ3n) is 9.15. The lowest BCUT2D eigenvalue weighted by Crippen LogP contribution is -2.44. The smallest absolute Gasteiger partial charge is 0.320 e. The van der Waals surface area contributed by atoms with Crippen LogP contribution in [0.2, 0.25) is 0 Å². The number of urea groups is 1. The van der Waals surface area contributed by atoms with Gasteiger partial charge >= 0.3 is 6.03 Å². The summed E-state index contributed by atoms with van der Waals surface area (Å²) in [4.78, 5) is 15.8. The Balaban J connectivity index is 1.10. The van der Waals surface area contributed by atoms with Gasteiger partial charge in [0, 0.05) is 37.7 Å². The molecule has 0 bridgehead atoms. The number of benzene rings is 2. The minimum atomic E-state index is -0.271. The molecule has 1 fully saturated rings. The van der Waals surface area contributed by atoms with Gasteiger partial charge in [-0.15, -0.1) is 10.2 Å². The molecule has 1 saturated heterocycles. The average Bonchev–Trinajstić information content (AvgIpc) is 3.70. The number of amides is 2. The van der Waals surface area contributed by atoms with Gasteiger partial charge in [-0.25, -0.2) is 9.48 Å². The number of aryl methyl sites for hydroxylation is 2. The van der Waals surface area contributed by atoms with E-state index in [9.17, 15) is 4.79 Å². The van der Waals surface area contributed by atoms with Gasteiger partial charge in [0.25, 0.3) is 0 Å². The largest absolute Gasteiger partial charge is 0.484 e. The zero-order chi connectivity index (χ0) is 32.7. The highest BCUT2D eigenvalue weighted by Gasteiger charge is 2.31. The number of piperazine rings is 1. The van der Waals surface area contributed by atoms with Crippen molar-refractivity contribution in [2.75, 3.05) is 36.4 Å². The van der Waals surface area contributed by atoms with Gasteiger partial charge in [-0.05, 0) is 62.1 Å². The first-order valence-corrected chi connectivity index (χ1v) is 16.5. The molecule has 11 heteroatoms. The fourth-order valence-corrected chi connectivity index (χ4v) is 6.50. The molecular formula is C36H43N9O2. The van der Waals surface area contributed by atoms with E-state index < -0.39 is 0 Å². The first-order chi connectivity index (χ1) is 22.7. The Morgan fingerprint density at radius 3 is 2.43 bits per heavy atom. The fourth-order valence-electron chi connectivity index (χ4n) is 6.50. The van der Waals surface area contributed by atoms with Crippen molar-refractivity contribution in [3.63, 3.8) is 0 Å². The minimum Gasteiger partial charge on any atom is -0.484 e. The van der Waals surface area contributed by atoms with Crippen LogP contribution in [0.1, 0.15) is 73.8 Å². The van der Waals surface area contributed by atoms with Crippen LogP contribution < -0.4 is 25.6 Å². The predicted octanol–water partition coefficient (Wildman–Crippen LogP) is 6.02. The number of nitrogens with one attached hydrogen (secondary N) is 3. The predicted molar refractivity (Wildman–Crippen MR) is 184 cm³/mol. The Hall–Kier alpha value is -4.90. The van der Waals surface area contributed by atoms with E-state index in [1.54, 1.807) is 4.68 Å². The fraction of sp³-hybridized carbons (Fsp3) is 0.389. The molecule has 2 amide bonds. The van der Waals surface area contributed by atoms with Gasteiger partial charge in [-0.1, -0.05) is 62.7 Å². The highest BCUT2D eigenvalue weighted by molar-refractivity contribution is 5.89. The molecule has 0 spiro atoms. The van der Waals surface area contributed by atoms with Crippen molar-refractivity contribution in [2.45, 2.75) is 65.0 Å². The molecule has 244 valence electrons. The molecule has 1 aliphatic carbocycles. The van der Waals surface area contributed by atoms with Crippen LogP contribution in [0.4, 0.5) is 16.6 Å². The quantitative estimate of drug-likeness (QED) is 0.210. The van der Waals surface area contributed by atoms with Crippen LogP contribution in [0, 0.1) is 13.8 Å². The molecule has 2 aliphatic rings. The van der Waals surface area contributed by atoms with Crippen molar-refractivity contribution in [2.24, 2.45) is 0 Å². The molecule has 2 aromatic carbocycles. The highest BCUT2D eigenvalue weighted by atomic mass is 16.5. The van der Waals surface area contributed by atoms with Crippen LogP contribution in [-0.4, -0.2) is 56.6 Å². The van der Waals surface area contributed by atoms with Gasteiger partial charge in [-0.3, -0.25) is 9.72 Å². The monoisotopic (exact) mass is 633 g/mol. The van der Waals surface area contributed by atoms with Crippen molar-refractivity contribution in [1.29, 1.82) is 0 Å². The number of aromatic nitrogens is 5. The van der Waals surface area contributed by atoms with E-state index in [4.69, 9.17) is 9.84 Å². The Bertz CT molecular complexity index is 1900. The van der Waals surface area contributed by atoms with Crippen LogP contribution in [0.5, 0.6) is 5.75 Å². The van der Waals surface area contributed by atoms with Crippen molar-refractivity contribution in [1.82, 2.24) is 35.0 Å². The lowest BCUT2D eigenvalue weighted by Gasteiger charge is -2.33. The molecule has 2 atom stereocenters. The second-order valence-corrected chi connectivity index (χ2v) is 13.6. The second kappa shape index (κ2) is 12.4. The third-order valence-corrected chi connectivity index (χ3v) is 9.15. The number of carbonyl (C=O) groups excluding carboxylic acids is 1. The molecule has 3 aromatic heterocycles. The molecule has 1 aliphatic heterocycles. The normalized spacial score (nSPS) is 18.2. The number of nitrogens with zero attached hydrogens (tertiary/aromatic N) is 6. The van der Waals surface area contributed by atoms with Crippen LogP contribution in [-0.2, 0) is 5.41 Å². The number of fused-ring (bicyclic) bond motifs is 2. The molecular weight excluding hydrogens is 590 g/mol. The van der Waals surface area contributed by atoms with Gasteiger partial charge in [0.05, 0.1) is 23.1 Å². The molecule has 0 radical (unpaired) electrons. The summed E-state index contributed by atoms with van der Waals surface area (Å²) in [6.07, 6.45) is 1.33. The third kappa shape index (κ3) is 6.15. The number of hydrogen-bond acceptors (Lipinski definition) is 7.